The fourth-order valence-electron chi connectivity index (χ4n) is 5.10. The Morgan fingerprint density at radius 3 is 2.33 bits per heavy atom. The second kappa shape index (κ2) is 11.2. The van der Waals surface area contributed by atoms with Crippen LogP contribution in [0.2, 0.25) is 0 Å². The van der Waals surface area contributed by atoms with E-state index >= 15 is 0 Å². The molecule has 2 aliphatic rings. The second-order valence-corrected chi connectivity index (χ2v) is 9.35. The number of aromatic nitrogens is 2. The molecule has 1 aliphatic carbocycles. The molecular weight excluding hydrogens is 508 g/mol. The minimum absolute atomic E-state index is 0.0428. The number of aliphatic hydroxyl groups excluding tert-OH is 2. The summed E-state index contributed by atoms with van der Waals surface area (Å²) in [6, 6.07) is 16.0. The predicted molar refractivity (Wildman–Crippen MR) is 138 cm³/mol. The van der Waals surface area contributed by atoms with Gasteiger partial charge in [0.15, 0.2) is 6.23 Å². The summed E-state index contributed by atoms with van der Waals surface area (Å²) >= 11 is 0. The number of alkyl carbamates (subject to hydrolysis) is 1. The Balaban J connectivity index is 1.14. The number of hydrogen-bond donors (Lipinski definition) is 5. The molecule has 5 rings (SSSR count). The maximum Gasteiger partial charge on any atom is 0.407 e. The van der Waals surface area contributed by atoms with Crippen LogP contribution in [0.5, 0.6) is 0 Å². The zero-order valence-corrected chi connectivity index (χ0v) is 20.8. The highest BCUT2D eigenvalue weighted by atomic mass is 16.6. The summed E-state index contributed by atoms with van der Waals surface area (Å²) in [4.78, 5) is 50.6. The van der Waals surface area contributed by atoms with E-state index < -0.39 is 54.3 Å². The molecule has 3 aromatic rings. The van der Waals surface area contributed by atoms with Crippen molar-refractivity contribution in [1.29, 1.82) is 0 Å². The van der Waals surface area contributed by atoms with E-state index in [1.807, 2.05) is 48.5 Å². The van der Waals surface area contributed by atoms with Crippen LogP contribution in [0.15, 0.2) is 70.4 Å². The summed E-state index contributed by atoms with van der Waals surface area (Å²) in [6.07, 6.45) is -3.19. The van der Waals surface area contributed by atoms with Crippen LogP contribution in [-0.2, 0) is 14.3 Å². The molecule has 0 bridgehead atoms. The van der Waals surface area contributed by atoms with Gasteiger partial charge in [-0.2, -0.15) is 0 Å². The molecule has 0 spiro atoms. The van der Waals surface area contributed by atoms with Crippen LogP contribution in [-0.4, -0.2) is 69.8 Å². The van der Waals surface area contributed by atoms with Crippen molar-refractivity contribution in [2.45, 2.75) is 36.8 Å². The van der Waals surface area contributed by atoms with Gasteiger partial charge in [0, 0.05) is 31.1 Å². The third-order valence-corrected chi connectivity index (χ3v) is 6.97. The summed E-state index contributed by atoms with van der Waals surface area (Å²) in [5.74, 6) is -0.634. The minimum Gasteiger partial charge on any atom is -0.449 e. The Morgan fingerprint density at radius 2 is 1.69 bits per heavy atom. The van der Waals surface area contributed by atoms with E-state index in [9.17, 15) is 29.4 Å². The SMILES string of the molecule is O=C(CCNC(=O)OCC1c2ccccc2-c2ccccc21)N[C@@H]1[C@H](O)[C@@H](CO)O[C@H]1n1ccc(=O)[nH]c1=O. The van der Waals surface area contributed by atoms with E-state index in [1.54, 1.807) is 0 Å². The third-order valence-electron chi connectivity index (χ3n) is 6.97. The molecule has 1 fully saturated rings. The first kappa shape index (κ1) is 26.4. The monoisotopic (exact) mass is 536 g/mol. The molecule has 2 aromatic carbocycles. The van der Waals surface area contributed by atoms with Gasteiger partial charge < -0.3 is 30.3 Å². The van der Waals surface area contributed by atoms with Crippen molar-refractivity contribution in [2.75, 3.05) is 19.8 Å². The molecule has 12 heteroatoms. The van der Waals surface area contributed by atoms with Gasteiger partial charge in [-0.25, -0.2) is 9.59 Å². The number of hydrogen-bond acceptors (Lipinski definition) is 8. The lowest BCUT2D eigenvalue weighted by Crippen LogP contribution is -2.49. The number of ether oxygens (including phenoxy) is 2. The van der Waals surface area contributed by atoms with E-state index in [2.05, 4.69) is 15.6 Å². The number of aromatic amines is 1. The van der Waals surface area contributed by atoms with Gasteiger partial charge in [-0.15, -0.1) is 0 Å². The zero-order valence-electron chi connectivity index (χ0n) is 20.8. The standard InChI is InChI=1S/C27H28N4O8/c32-13-20-24(35)23(25(39-20)31-12-10-22(34)30-26(31)36)29-21(33)9-11-28-27(37)38-14-19-17-7-3-1-5-15(17)16-6-2-4-8-18(16)19/h1-8,10,12,19-20,23-25,32,35H,9,11,13-14H2,(H,28,37)(H,29,33)(H,30,34,36)/t20-,23-,24-,25-/m1/s1. The molecule has 1 aliphatic heterocycles. The molecule has 0 radical (unpaired) electrons. The highest BCUT2D eigenvalue weighted by Gasteiger charge is 2.45. The summed E-state index contributed by atoms with van der Waals surface area (Å²) in [6.45, 7) is -0.458. The van der Waals surface area contributed by atoms with Gasteiger partial charge in [-0.3, -0.25) is 19.1 Å². The first-order chi connectivity index (χ1) is 18.9. The minimum atomic E-state index is -1.32. The first-order valence-corrected chi connectivity index (χ1v) is 12.5. The first-order valence-electron chi connectivity index (χ1n) is 12.5. The quantitative estimate of drug-likeness (QED) is 0.272. The van der Waals surface area contributed by atoms with Crippen LogP contribution < -0.4 is 21.9 Å². The molecule has 2 heterocycles. The number of nitrogens with one attached hydrogen (secondary N) is 3. The highest BCUT2D eigenvalue weighted by Crippen LogP contribution is 2.44. The highest BCUT2D eigenvalue weighted by molar-refractivity contribution is 5.79. The molecule has 0 saturated carbocycles. The number of rotatable bonds is 8. The van der Waals surface area contributed by atoms with Gasteiger partial charge in [0.25, 0.3) is 5.56 Å². The third kappa shape index (κ3) is 5.35. The van der Waals surface area contributed by atoms with Crippen LogP contribution in [0.1, 0.15) is 29.7 Å². The maximum atomic E-state index is 12.6. The number of nitrogens with zero attached hydrogens (tertiary/aromatic N) is 1. The van der Waals surface area contributed by atoms with Crippen molar-refractivity contribution < 1.29 is 29.3 Å². The van der Waals surface area contributed by atoms with Crippen molar-refractivity contribution in [2.24, 2.45) is 0 Å². The number of benzene rings is 2. The van der Waals surface area contributed by atoms with Gasteiger partial charge in [0.2, 0.25) is 5.91 Å². The molecular formula is C27H28N4O8. The maximum absolute atomic E-state index is 12.6. The Morgan fingerprint density at radius 1 is 1.03 bits per heavy atom. The number of amides is 2. The van der Waals surface area contributed by atoms with Crippen LogP contribution >= 0.6 is 0 Å². The Kier molecular flexibility index (Phi) is 7.59. The fourth-order valence-corrected chi connectivity index (χ4v) is 5.10. The second-order valence-electron chi connectivity index (χ2n) is 9.35. The van der Waals surface area contributed by atoms with Gasteiger partial charge in [-0.05, 0) is 22.3 Å². The summed E-state index contributed by atoms with van der Waals surface area (Å²) < 4.78 is 12.0. The molecule has 204 valence electrons. The van der Waals surface area contributed by atoms with Gasteiger partial charge in [-0.1, -0.05) is 48.5 Å². The predicted octanol–water partition coefficient (Wildman–Crippen LogP) is 0.201. The van der Waals surface area contributed by atoms with Crippen LogP contribution in [0, 0.1) is 0 Å². The smallest absolute Gasteiger partial charge is 0.407 e. The number of fused-ring (bicyclic) bond motifs is 3. The molecule has 5 N–H and O–H groups in total. The lowest BCUT2D eigenvalue weighted by atomic mass is 9.98. The Bertz CT molecular complexity index is 1440. The van der Waals surface area contributed by atoms with E-state index in [0.29, 0.717) is 0 Å². The lowest BCUT2D eigenvalue weighted by molar-refractivity contribution is -0.123. The Labute approximate surface area is 222 Å². The number of aliphatic hydroxyl groups is 2. The molecule has 1 aromatic heterocycles. The van der Waals surface area contributed by atoms with Crippen molar-refractivity contribution in [1.82, 2.24) is 20.2 Å². The molecule has 1 saturated heterocycles. The van der Waals surface area contributed by atoms with Gasteiger partial charge in [0.05, 0.1) is 6.61 Å². The van der Waals surface area contributed by atoms with Gasteiger partial charge in [0.1, 0.15) is 24.9 Å². The van der Waals surface area contributed by atoms with Crippen molar-refractivity contribution in [3.8, 4) is 11.1 Å². The summed E-state index contributed by atoms with van der Waals surface area (Å²) in [5.41, 5.74) is 2.98. The largest absolute Gasteiger partial charge is 0.449 e. The topological polar surface area (TPSA) is 172 Å². The molecule has 0 unspecified atom stereocenters. The van der Waals surface area contributed by atoms with E-state index in [-0.39, 0.29) is 25.5 Å². The average Bonchev–Trinajstić information content (AvgIpc) is 3.41. The normalized spacial score (nSPS) is 21.7. The number of carbonyl (C=O) groups excluding carboxylic acids is 2. The van der Waals surface area contributed by atoms with E-state index in [1.165, 1.54) is 6.20 Å². The fraction of sp³-hybridized carbons (Fsp3) is 0.333. The molecule has 12 nitrogen and oxygen atoms in total. The summed E-state index contributed by atoms with van der Waals surface area (Å²) in [5, 5.41) is 25.2. The lowest BCUT2D eigenvalue weighted by Gasteiger charge is -2.23. The Hall–Kier alpha value is -4.26. The zero-order chi connectivity index (χ0) is 27.5. The van der Waals surface area contributed by atoms with Crippen molar-refractivity contribution >= 4 is 12.0 Å². The number of carbonyl (C=O) groups is 2. The molecule has 39 heavy (non-hydrogen) atoms. The molecule has 4 atom stereocenters. The van der Waals surface area contributed by atoms with Crippen LogP contribution in [0.25, 0.3) is 11.1 Å². The number of H-pyrrole nitrogens is 1. The van der Waals surface area contributed by atoms with E-state index in [4.69, 9.17) is 9.47 Å². The van der Waals surface area contributed by atoms with E-state index in [0.717, 1.165) is 32.9 Å². The van der Waals surface area contributed by atoms with Crippen molar-refractivity contribution in [3.05, 3.63) is 92.8 Å². The average molecular weight is 537 g/mol. The summed E-state index contributed by atoms with van der Waals surface area (Å²) in [7, 11) is 0. The molecule has 2 amide bonds. The van der Waals surface area contributed by atoms with Gasteiger partial charge >= 0.3 is 11.8 Å². The van der Waals surface area contributed by atoms with Crippen LogP contribution in [0.4, 0.5) is 4.79 Å². The van der Waals surface area contributed by atoms with Crippen LogP contribution in [0.3, 0.4) is 0 Å². The van der Waals surface area contributed by atoms with Crippen molar-refractivity contribution in [3.63, 3.8) is 0 Å².